The van der Waals surface area contributed by atoms with Gasteiger partial charge in [-0.25, -0.2) is 0 Å². The maximum atomic E-state index is 2.54. The molecule has 0 bridgehead atoms. The summed E-state index contributed by atoms with van der Waals surface area (Å²) in [5.74, 6) is 1.25. The van der Waals surface area contributed by atoms with E-state index in [9.17, 15) is 0 Å². The van der Waals surface area contributed by atoms with Crippen LogP contribution in [-0.4, -0.2) is 30.3 Å². The number of rotatable bonds is 4. The first kappa shape index (κ1) is 13.0. The first-order valence-corrected chi connectivity index (χ1v) is 7.64. The van der Waals surface area contributed by atoms with Crippen molar-refractivity contribution < 1.29 is 0 Å². The van der Waals surface area contributed by atoms with Gasteiger partial charge in [0.25, 0.3) is 0 Å². The molecule has 1 fully saturated rings. The van der Waals surface area contributed by atoms with E-state index in [1.165, 1.54) is 48.4 Å². The van der Waals surface area contributed by atoms with Crippen LogP contribution in [0.3, 0.4) is 0 Å². The molecule has 2 heteroatoms. The number of aryl methyl sites for hydroxylation is 1. The van der Waals surface area contributed by atoms with Crippen LogP contribution >= 0.6 is 11.8 Å². The third kappa shape index (κ3) is 4.04. The zero-order valence-electron chi connectivity index (χ0n) is 11.0. The minimum atomic E-state index is 0.820. The van der Waals surface area contributed by atoms with Gasteiger partial charge in [-0.1, -0.05) is 24.1 Å². The summed E-state index contributed by atoms with van der Waals surface area (Å²) in [7, 11) is 2.28. The molecule has 0 spiro atoms. The molecule has 17 heavy (non-hydrogen) atoms. The minimum Gasteiger partial charge on any atom is -0.303 e. The summed E-state index contributed by atoms with van der Waals surface area (Å²) in [5, 5.41) is 0. The Morgan fingerprint density at radius 2 is 2.24 bits per heavy atom. The lowest BCUT2D eigenvalue weighted by Crippen LogP contribution is -2.36. The van der Waals surface area contributed by atoms with E-state index in [4.69, 9.17) is 0 Å². The van der Waals surface area contributed by atoms with Crippen LogP contribution in [0.15, 0.2) is 29.2 Å². The molecule has 0 saturated carbocycles. The van der Waals surface area contributed by atoms with Gasteiger partial charge in [-0.3, -0.25) is 0 Å². The van der Waals surface area contributed by atoms with Crippen molar-refractivity contribution in [3.05, 3.63) is 29.8 Å². The smallest absolute Gasteiger partial charge is 0.0100 e. The Labute approximate surface area is 110 Å². The fourth-order valence-electron chi connectivity index (χ4n) is 2.53. The van der Waals surface area contributed by atoms with E-state index in [1.54, 1.807) is 0 Å². The highest BCUT2D eigenvalue weighted by atomic mass is 32.2. The standard InChI is InChI=1S/C15H23NS/c1-13-6-5-8-15(12-13)17-11-9-14-7-3-4-10-16(14)2/h5-6,8,12,14H,3-4,7,9-11H2,1-2H3. The maximum Gasteiger partial charge on any atom is 0.0100 e. The molecule has 1 aliphatic rings. The van der Waals surface area contributed by atoms with Crippen LogP contribution in [0.1, 0.15) is 31.2 Å². The minimum absolute atomic E-state index is 0.820. The van der Waals surface area contributed by atoms with Gasteiger partial charge >= 0.3 is 0 Å². The number of hydrogen-bond donors (Lipinski definition) is 0. The molecular weight excluding hydrogens is 226 g/mol. The highest BCUT2D eigenvalue weighted by Crippen LogP contribution is 2.24. The summed E-state index contributed by atoms with van der Waals surface area (Å²) in [6, 6.07) is 9.65. The van der Waals surface area contributed by atoms with Gasteiger partial charge in [-0.15, -0.1) is 11.8 Å². The van der Waals surface area contributed by atoms with Gasteiger partial charge in [0.2, 0.25) is 0 Å². The van der Waals surface area contributed by atoms with Crippen molar-refractivity contribution in [2.24, 2.45) is 0 Å². The van der Waals surface area contributed by atoms with Crippen LogP contribution in [0.4, 0.5) is 0 Å². The highest BCUT2D eigenvalue weighted by molar-refractivity contribution is 7.99. The van der Waals surface area contributed by atoms with Crippen LogP contribution in [-0.2, 0) is 0 Å². The molecule has 0 aliphatic carbocycles. The van der Waals surface area contributed by atoms with Gasteiger partial charge in [-0.05, 0) is 57.7 Å². The van der Waals surface area contributed by atoms with Gasteiger partial charge in [0.1, 0.15) is 0 Å². The summed E-state index contributed by atoms with van der Waals surface area (Å²) in [5.41, 5.74) is 1.37. The lowest BCUT2D eigenvalue weighted by Gasteiger charge is -2.32. The van der Waals surface area contributed by atoms with E-state index in [0.717, 1.165) is 6.04 Å². The maximum absolute atomic E-state index is 2.54. The number of likely N-dealkylation sites (tertiary alicyclic amines) is 1. The summed E-state index contributed by atoms with van der Waals surface area (Å²) in [6.45, 7) is 3.46. The third-order valence-electron chi connectivity index (χ3n) is 3.63. The fourth-order valence-corrected chi connectivity index (χ4v) is 3.60. The predicted octanol–water partition coefficient (Wildman–Crippen LogP) is 3.96. The average molecular weight is 249 g/mol. The molecule has 0 amide bonds. The molecule has 0 aromatic heterocycles. The molecule has 1 aromatic rings. The van der Waals surface area contributed by atoms with Crippen LogP contribution in [0.5, 0.6) is 0 Å². The van der Waals surface area contributed by atoms with Gasteiger partial charge in [-0.2, -0.15) is 0 Å². The van der Waals surface area contributed by atoms with Crippen molar-refractivity contribution in [2.75, 3.05) is 19.3 Å². The number of hydrogen-bond acceptors (Lipinski definition) is 2. The van der Waals surface area contributed by atoms with Gasteiger partial charge in [0.05, 0.1) is 0 Å². The number of thioether (sulfide) groups is 1. The molecule has 1 unspecified atom stereocenters. The molecule has 1 atom stereocenters. The predicted molar refractivity (Wildman–Crippen MR) is 76.8 cm³/mol. The Bertz CT molecular complexity index is 351. The Kier molecular flexibility index (Phi) is 4.93. The van der Waals surface area contributed by atoms with Crippen LogP contribution in [0.25, 0.3) is 0 Å². The molecule has 1 aliphatic heterocycles. The Morgan fingerprint density at radius 3 is 3.00 bits per heavy atom. The highest BCUT2D eigenvalue weighted by Gasteiger charge is 2.17. The van der Waals surface area contributed by atoms with E-state index in [2.05, 4.69) is 43.1 Å². The number of nitrogens with zero attached hydrogens (tertiary/aromatic N) is 1. The monoisotopic (exact) mass is 249 g/mol. The fraction of sp³-hybridized carbons (Fsp3) is 0.600. The Hall–Kier alpha value is -0.470. The number of piperidine rings is 1. The molecular formula is C15H23NS. The van der Waals surface area contributed by atoms with E-state index in [0.29, 0.717) is 0 Å². The topological polar surface area (TPSA) is 3.24 Å². The van der Waals surface area contributed by atoms with Crippen LogP contribution in [0, 0.1) is 6.92 Å². The molecule has 1 saturated heterocycles. The SMILES string of the molecule is Cc1cccc(SCCC2CCCCN2C)c1. The van der Waals surface area contributed by atoms with Crippen molar-refractivity contribution in [3.63, 3.8) is 0 Å². The Morgan fingerprint density at radius 1 is 1.35 bits per heavy atom. The van der Waals surface area contributed by atoms with Crippen molar-refractivity contribution >= 4 is 11.8 Å². The van der Waals surface area contributed by atoms with Crippen molar-refractivity contribution in [3.8, 4) is 0 Å². The summed E-state index contributed by atoms with van der Waals surface area (Å²) >= 11 is 2.00. The zero-order chi connectivity index (χ0) is 12.1. The average Bonchev–Trinajstić information content (AvgIpc) is 2.32. The normalized spacial score (nSPS) is 21.6. The summed E-state index contributed by atoms with van der Waals surface area (Å²) in [4.78, 5) is 3.96. The van der Waals surface area contributed by atoms with Gasteiger partial charge < -0.3 is 4.90 Å². The molecule has 2 rings (SSSR count). The van der Waals surface area contributed by atoms with Crippen molar-refractivity contribution in [1.29, 1.82) is 0 Å². The van der Waals surface area contributed by atoms with Gasteiger partial charge in [0.15, 0.2) is 0 Å². The second-order valence-electron chi connectivity index (χ2n) is 5.08. The molecule has 1 aromatic carbocycles. The Balaban J connectivity index is 1.75. The molecule has 1 nitrogen and oxygen atoms in total. The van der Waals surface area contributed by atoms with E-state index >= 15 is 0 Å². The lowest BCUT2D eigenvalue weighted by atomic mass is 10.0. The van der Waals surface area contributed by atoms with E-state index in [1.807, 2.05) is 11.8 Å². The van der Waals surface area contributed by atoms with Crippen LogP contribution < -0.4 is 0 Å². The largest absolute Gasteiger partial charge is 0.303 e. The quantitative estimate of drug-likeness (QED) is 0.743. The first-order chi connectivity index (χ1) is 8.25. The van der Waals surface area contributed by atoms with Crippen molar-refractivity contribution in [1.82, 2.24) is 4.90 Å². The summed E-state index contributed by atoms with van der Waals surface area (Å²) in [6.07, 6.45) is 5.53. The summed E-state index contributed by atoms with van der Waals surface area (Å²) < 4.78 is 0. The second kappa shape index (κ2) is 6.46. The third-order valence-corrected chi connectivity index (χ3v) is 4.66. The van der Waals surface area contributed by atoms with Gasteiger partial charge in [0, 0.05) is 10.9 Å². The molecule has 94 valence electrons. The van der Waals surface area contributed by atoms with Crippen molar-refractivity contribution in [2.45, 2.75) is 43.5 Å². The molecule has 1 heterocycles. The lowest BCUT2D eigenvalue weighted by molar-refractivity contribution is 0.182. The number of benzene rings is 1. The van der Waals surface area contributed by atoms with E-state index in [-0.39, 0.29) is 0 Å². The second-order valence-corrected chi connectivity index (χ2v) is 6.25. The molecule has 0 N–H and O–H groups in total. The first-order valence-electron chi connectivity index (χ1n) is 6.65. The molecule has 0 radical (unpaired) electrons. The zero-order valence-corrected chi connectivity index (χ0v) is 11.8. The van der Waals surface area contributed by atoms with E-state index < -0.39 is 0 Å². The van der Waals surface area contributed by atoms with Crippen LogP contribution in [0.2, 0.25) is 0 Å².